The van der Waals surface area contributed by atoms with Crippen molar-refractivity contribution in [3.8, 4) is 11.3 Å². The number of aromatic nitrogens is 3. The zero-order valence-electron chi connectivity index (χ0n) is 19.8. The number of nitrogen functional groups attached to an aromatic ring is 1. The highest BCUT2D eigenvalue weighted by molar-refractivity contribution is 6.00. The number of carboxylic acids is 1. The van der Waals surface area contributed by atoms with Gasteiger partial charge in [-0.3, -0.25) is 14.6 Å². The fraction of sp³-hybridized carbons (Fsp3) is 0.346. The molecule has 3 aromatic rings. The van der Waals surface area contributed by atoms with Gasteiger partial charge in [-0.05, 0) is 11.6 Å². The number of rotatable bonds is 7. The van der Waals surface area contributed by atoms with E-state index in [9.17, 15) is 14.7 Å². The number of hydrogen-bond acceptors (Lipinski definition) is 9. The molecule has 36 heavy (non-hydrogen) atoms. The third-order valence-electron chi connectivity index (χ3n) is 6.81. The Bertz CT molecular complexity index is 1260. The molecule has 186 valence electrons. The summed E-state index contributed by atoms with van der Waals surface area (Å²) in [4.78, 5) is 40.0. The van der Waals surface area contributed by atoms with E-state index in [-0.39, 0.29) is 29.6 Å². The van der Waals surface area contributed by atoms with Crippen molar-refractivity contribution in [1.82, 2.24) is 20.3 Å². The third kappa shape index (κ3) is 4.91. The van der Waals surface area contributed by atoms with Crippen LogP contribution in [0.4, 0.5) is 11.5 Å². The molecule has 0 bridgehead atoms. The number of Topliss-reactive ketones (excluding diaryl/α,β-unsaturated/α-hetero) is 1. The number of anilines is 2. The average molecular weight is 489 g/mol. The zero-order valence-corrected chi connectivity index (χ0v) is 19.8. The quantitative estimate of drug-likeness (QED) is 0.421. The molecule has 0 saturated carbocycles. The molecule has 0 unspecified atom stereocenters. The van der Waals surface area contributed by atoms with E-state index >= 15 is 0 Å². The van der Waals surface area contributed by atoms with E-state index in [4.69, 9.17) is 10.5 Å². The van der Waals surface area contributed by atoms with E-state index < -0.39 is 11.9 Å². The van der Waals surface area contributed by atoms with Crippen LogP contribution in [0.1, 0.15) is 27.5 Å². The molecule has 0 amide bonds. The maximum absolute atomic E-state index is 13.3. The average Bonchev–Trinajstić information content (AvgIpc) is 3.40. The molecular weight excluding hydrogens is 460 g/mol. The highest BCUT2D eigenvalue weighted by Crippen LogP contribution is 2.30. The first-order valence-electron chi connectivity index (χ1n) is 12.0. The van der Waals surface area contributed by atoms with Gasteiger partial charge in [0.15, 0.2) is 11.6 Å². The van der Waals surface area contributed by atoms with Gasteiger partial charge in [0, 0.05) is 67.7 Å². The van der Waals surface area contributed by atoms with Gasteiger partial charge in [0.25, 0.3) is 0 Å². The van der Waals surface area contributed by atoms with Crippen molar-refractivity contribution in [3.63, 3.8) is 0 Å². The van der Waals surface area contributed by atoms with Crippen LogP contribution in [0.2, 0.25) is 0 Å². The molecule has 4 N–H and O–H groups in total. The molecule has 0 radical (unpaired) electrons. The number of morpholine rings is 1. The minimum Gasteiger partial charge on any atom is -0.481 e. The summed E-state index contributed by atoms with van der Waals surface area (Å²) in [6, 6.07) is 9.48. The summed E-state index contributed by atoms with van der Waals surface area (Å²) in [6.45, 7) is 3.87. The second-order valence-corrected chi connectivity index (χ2v) is 9.02. The molecule has 2 atom stereocenters. The smallest absolute Gasteiger partial charge is 0.308 e. The van der Waals surface area contributed by atoms with E-state index in [0.29, 0.717) is 32.0 Å². The number of carboxylic acid groups (broad SMARTS) is 1. The van der Waals surface area contributed by atoms with Crippen LogP contribution >= 0.6 is 0 Å². The van der Waals surface area contributed by atoms with E-state index in [0.717, 1.165) is 35.5 Å². The van der Waals surface area contributed by atoms with Crippen LogP contribution < -0.4 is 16.0 Å². The number of hydrogen-bond donors (Lipinski definition) is 3. The standard InChI is InChI=1S/C26H28N6O4/c27-25-24(23(33)11-18-12-28-6-5-22(18)32-7-9-36-10-8-32)31-21(15-30-25)17-3-1-16(2-4-17)19-13-29-14-20(19)26(34)35/h1-6,12,15,19-20,29H,7-11,13-14H2,(H2,27,30)(H,34,35)/t19-,20+/m0/s1. The second kappa shape index (κ2) is 10.4. The number of nitrogens with zero attached hydrogens (tertiary/aromatic N) is 4. The van der Waals surface area contributed by atoms with E-state index in [1.54, 1.807) is 18.6 Å². The molecule has 2 saturated heterocycles. The monoisotopic (exact) mass is 488 g/mol. The molecule has 5 rings (SSSR count). The largest absolute Gasteiger partial charge is 0.481 e. The minimum absolute atomic E-state index is 0.0820. The van der Waals surface area contributed by atoms with Crippen molar-refractivity contribution < 1.29 is 19.4 Å². The van der Waals surface area contributed by atoms with Crippen molar-refractivity contribution in [2.24, 2.45) is 5.92 Å². The third-order valence-corrected chi connectivity index (χ3v) is 6.81. The Hall–Kier alpha value is -3.89. The van der Waals surface area contributed by atoms with Crippen molar-refractivity contribution in [3.05, 3.63) is 65.7 Å². The first kappa shape index (κ1) is 23.8. The molecule has 2 aromatic heterocycles. The number of benzene rings is 1. The Morgan fingerprint density at radius 1 is 1.11 bits per heavy atom. The second-order valence-electron chi connectivity index (χ2n) is 9.02. The van der Waals surface area contributed by atoms with Gasteiger partial charge in [-0.2, -0.15) is 0 Å². The van der Waals surface area contributed by atoms with Crippen LogP contribution in [0.15, 0.2) is 48.9 Å². The summed E-state index contributed by atoms with van der Waals surface area (Å²) < 4.78 is 5.45. The maximum Gasteiger partial charge on any atom is 0.308 e. The number of carbonyl (C=O) groups excluding carboxylic acids is 1. The molecule has 10 heteroatoms. The summed E-state index contributed by atoms with van der Waals surface area (Å²) in [5.41, 5.74) is 10.2. The van der Waals surface area contributed by atoms with Crippen molar-refractivity contribution in [2.45, 2.75) is 12.3 Å². The Kier molecular flexibility index (Phi) is 6.88. The summed E-state index contributed by atoms with van der Waals surface area (Å²) in [5, 5.41) is 12.6. The topological polar surface area (TPSA) is 144 Å². The van der Waals surface area contributed by atoms with Gasteiger partial charge in [0.2, 0.25) is 0 Å². The van der Waals surface area contributed by atoms with Gasteiger partial charge in [0.05, 0.1) is 31.0 Å². The fourth-order valence-electron chi connectivity index (χ4n) is 4.86. The summed E-state index contributed by atoms with van der Waals surface area (Å²) in [5.74, 6) is -1.49. The SMILES string of the molecule is Nc1ncc(-c2ccc([C@@H]3CNC[C@H]3C(=O)O)cc2)nc1C(=O)Cc1cnccc1N1CCOCC1. The van der Waals surface area contributed by atoms with Gasteiger partial charge >= 0.3 is 5.97 Å². The predicted molar refractivity (Wildman–Crippen MR) is 134 cm³/mol. The lowest BCUT2D eigenvalue weighted by Crippen LogP contribution is -2.37. The molecule has 0 aliphatic carbocycles. The lowest BCUT2D eigenvalue weighted by atomic mass is 9.88. The summed E-state index contributed by atoms with van der Waals surface area (Å²) in [7, 11) is 0. The van der Waals surface area contributed by atoms with Crippen LogP contribution in [-0.2, 0) is 16.0 Å². The predicted octanol–water partition coefficient (Wildman–Crippen LogP) is 1.77. The molecule has 2 aliphatic rings. The van der Waals surface area contributed by atoms with Gasteiger partial charge < -0.3 is 25.8 Å². The van der Waals surface area contributed by atoms with Gasteiger partial charge in [-0.25, -0.2) is 9.97 Å². The molecule has 2 aliphatic heterocycles. The van der Waals surface area contributed by atoms with Crippen LogP contribution in [0, 0.1) is 5.92 Å². The number of nitrogens with two attached hydrogens (primary N) is 1. The zero-order chi connectivity index (χ0) is 25.1. The number of ether oxygens (including phenoxy) is 1. The number of ketones is 1. The van der Waals surface area contributed by atoms with Crippen LogP contribution in [0.5, 0.6) is 0 Å². The molecule has 4 heterocycles. The van der Waals surface area contributed by atoms with Crippen LogP contribution in [0.3, 0.4) is 0 Å². The van der Waals surface area contributed by atoms with Crippen LogP contribution in [-0.4, -0.2) is 71.2 Å². The van der Waals surface area contributed by atoms with Crippen molar-refractivity contribution in [2.75, 3.05) is 50.0 Å². The van der Waals surface area contributed by atoms with Crippen LogP contribution in [0.25, 0.3) is 11.3 Å². The molecule has 2 fully saturated rings. The highest BCUT2D eigenvalue weighted by atomic mass is 16.5. The van der Waals surface area contributed by atoms with Crippen molar-refractivity contribution in [1.29, 1.82) is 0 Å². The number of carbonyl (C=O) groups is 2. The van der Waals surface area contributed by atoms with Gasteiger partial charge in [-0.15, -0.1) is 0 Å². The first-order chi connectivity index (χ1) is 17.5. The molecular formula is C26H28N6O4. The Balaban J connectivity index is 1.36. The Morgan fingerprint density at radius 2 is 1.89 bits per heavy atom. The number of aliphatic carboxylic acids is 1. The maximum atomic E-state index is 13.3. The minimum atomic E-state index is -0.799. The van der Waals surface area contributed by atoms with Gasteiger partial charge in [0.1, 0.15) is 5.69 Å². The lowest BCUT2D eigenvalue weighted by Gasteiger charge is -2.30. The van der Waals surface area contributed by atoms with E-state index in [2.05, 4.69) is 25.2 Å². The number of nitrogens with one attached hydrogen (secondary N) is 1. The molecule has 0 spiro atoms. The van der Waals surface area contributed by atoms with Gasteiger partial charge in [-0.1, -0.05) is 24.3 Å². The van der Waals surface area contributed by atoms with E-state index in [1.165, 1.54) is 0 Å². The Morgan fingerprint density at radius 3 is 2.64 bits per heavy atom. The fourth-order valence-corrected chi connectivity index (χ4v) is 4.86. The normalized spacial score (nSPS) is 19.8. The lowest BCUT2D eigenvalue weighted by molar-refractivity contribution is -0.141. The molecule has 10 nitrogen and oxygen atoms in total. The van der Waals surface area contributed by atoms with E-state index in [1.807, 2.05) is 30.3 Å². The Labute approximate surface area is 208 Å². The number of pyridine rings is 1. The summed E-state index contributed by atoms with van der Waals surface area (Å²) >= 11 is 0. The first-order valence-corrected chi connectivity index (χ1v) is 12.0. The summed E-state index contributed by atoms with van der Waals surface area (Å²) in [6.07, 6.45) is 5.07. The molecule has 1 aromatic carbocycles. The highest BCUT2D eigenvalue weighted by Gasteiger charge is 2.33. The van der Waals surface area contributed by atoms with Crippen molar-refractivity contribution >= 4 is 23.3 Å².